The third-order valence-corrected chi connectivity index (χ3v) is 2.10. The first kappa shape index (κ1) is 8.94. The fraction of sp³-hybridized carbons (Fsp3) is 0.273. The van der Waals surface area contributed by atoms with Crippen LogP contribution in [0.4, 0.5) is 0 Å². The minimum atomic E-state index is 0.996. The highest BCUT2D eigenvalue weighted by Gasteiger charge is 2.02. The van der Waals surface area contributed by atoms with E-state index in [1.54, 1.807) is 4.68 Å². The Morgan fingerprint density at radius 2 is 2.00 bits per heavy atom. The summed E-state index contributed by atoms with van der Waals surface area (Å²) in [7, 11) is 1.91. The van der Waals surface area contributed by atoms with Crippen molar-refractivity contribution < 1.29 is 0 Å². The molecular formula is C11H13N3. The molecule has 0 aliphatic heterocycles. The van der Waals surface area contributed by atoms with Crippen molar-refractivity contribution in [1.82, 2.24) is 14.8 Å². The molecule has 0 amide bonds. The Morgan fingerprint density at radius 3 is 2.57 bits per heavy atom. The van der Waals surface area contributed by atoms with Crippen LogP contribution < -0.4 is 0 Å². The van der Waals surface area contributed by atoms with E-state index in [4.69, 9.17) is 0 Å². The predicted octanol–water partition coefficient (Wildman–Crippen LogP) is 2.10. The van der Waals surface area contributed by atoms with E-state index in [-0.39, 0.29) is 0 Å². The van der Waals surface area contributed by atoms with Gasteiger partial charge >= 0.3 is 0 Å². The van der Waals surface area contributed by atoms with E-state index < -0.39 is 0 Å². The van der Waals surface area contributed by atoms with Crippen molar-refractivity contribution in [1.29, 1.82) is 0 Å². The van der Waals surface area contributed by atoms with Gasteiger partial charge in [-0.15, -0.1) is 0 Å². The summed E-state index contributed by atoms with van der Waals surface area (Å²) in [6.45, 7) is 4.08. The molecule has 2 aromatic rings. The number of aromatic nitrogens is 3. The molecule has 0 aromatic carbocycles. The molecule has 72 valence electrons. The van der Waals surface area contributed by atoms with Gasteiger partial charge in [-0.05, 0) is 31.5 Å². The zero-order chi connectivity index (χ0) is 10.1. The Kier molecular flexibility index (Phi) is 2.08. The Morgan fingerprint density at radius 1 is 1.21 bits per heavy atom. The average molecular weight is 187 g/mol. The summed E-state index contributed by atoms with van der Waals surface area (Å²) in [5.74, 6) is 0. The first-order valence-corrected chi connectivity index (χ1v) is 4.59. The normalized spacial score (nSPS) is 10.5. The van der Waals surface area contributed by atoms with Crippen LogP contribution in [0.1, 0.15) is 11.3 Å². The summed E-state index contributed by atoms with van der Waals surface area (Å²) in [5.41, 5.74) is 4.34. The van der Waals surface area contributed by atoms with Gasteiger partial charge in [-0.25, -0.2) is 0 Å². The van der Waals surface area contributed by atoms with E-state index in [1.165, 1.54) is 5.56 Å². The number of nitrogens with zero attached hydrogens (tertiary/aromatic N) is 3. The number of pyridine rings is 1. The van der Waals surface area contributed by atoms with Gasteiger partial charge in [0.05, 0.1) is 11.9 Å². The zero-order valence-corrected chi connectivity index (χ0v) is 8.65. The molecule has 3 nitrogen and oxygen atoms in total. The van der Waals surface area contributed by atoms with E-state index in [9.17, 15) is 0 Å². The molecule has 0 unspecified atom stereocenters. The van der Waals surface area contributed by atoms with Crippen LogP contribution in [0.2, 0.25) is 0 Å². The van der Waals surface area contributed by atoms with Gasteiger partial charge in [0, 0.05) is 24.5 Å². The highest BCUT2D eigenvalue weighted by Crippen LogP contribution is 2.17. The number of hydrogen-bond donors (Lipinski definition) is 0. The van der Waals surface area contributed by atoms with Crippen LogP contribution in [0.3, 0.4) is 0 Å². The number of rotatable bonds is 1. The molecule has 0 bridgehead atoms. The van der Waals surface area contributed by atoms with E-state index in [1.807, 2.05) is 26.4 Å². The monoisotopic (exact) mass is 187 g/mol. The molecule has 2 rings (SSSR count). The Balaban J connectivity index is 2.51. The molecule has 2 heterocycles. The third-order valence-electron chi connectivity index (χ3n) is 2.10. The Labute approximate surface area is 83.4 Å². The largest absolute Gasteiger partial charge is 0.275 e. The summed E-state index contributed by atoms with van der Waals surface area (Å²) >= 11 is 0. The van der Waals surface area contributed by atoms with Crippen molar-refractivity contribution in [3.63, 3.8) is 0 Å². The maximum absolute atomic E-state index is 4.46. The maximum atomic E-state index is 4.46. The zero-order valence-electron chi connectivity index (χ0n) is 8.65. The molecule has 0 fully saturated rings. The second-order valence-corrected chi connectivity index (χ2v) is 3.57. The standard InChI is InChI=1S/C11H13N3/c1-8-4-9(2)13-11(5-8)10-6-12-14(3)7-10/h4-7H,1-3H3. The minimum absolute atomic E-state index is 0.996. The molecule has 2 aromatic heterocycles. The second-order valence-electron chi connectivity index (χ2n) is 3.57. The van der Waals surface area contributed by atoms with Gasteiger partial charge in [0.2, 0.25) is 0 Å². The highest BCUT2D eigenvalue weighted by molar-refractivity contribution is 5.57. The van der Waals surface area contributed by atoms with E-state index in [0.717, 1.165) is 17.0 Å². The van der Waals surface area contributed by atoms with Crippen LogP contribution in [0, 0.1) is 13.8 Å². The molecule has 0 spiro atoms. The Bertz CT molecular complexity index is 437. The van der Waals surface area contributed by atoms with E-state index in [2.05, 4.69) is 29.1 Å². The van der Waals surface area contributed by atoms with Crippen molar-refractivity contribution in [2.45, 2.75) is 13.8 Å². The van der Waals surface area contributed by atoms with Gasteiger partial charge in [0.25, 0.3) is 0 Å². The van der Waals surface area contributed by atoms with Crippen LogP contribution in [0.25, 0.3) is 11.3 Å². The van der Waals surface area contributed by atoms with Gasteiger partial charge in [-0.2, -0.15) is 5.10 Å². The van der Waals surface area contributed by atoms with Crippen molar-refractivity contribution >= 4 is 0 Å². The van der Waals surface area contributed by atoms with Gasteiger partial charge in [-0.3, -0.25) is 9.67 Å². The molecule has 0 saturated heterocycles. The maximum Gasteiger partial charge on any atom is 0.0739 e. The molecule has 14 heavy (non-hydrogen) atoms. The SMILES string of the molecule is Cc1cc(C)nc(-c2cnn(C)c2)c1. The lowest BCUT2D eigenvalue weighted by molar-refractivity contribution is 0.768. The van der Waals surface area contributed by atoms with Crippen LogP contribution in [-0.4, -0.2) is 14.8 Å². The van der Waals surface area contributed by atoms with Gasteiger partial charge < -0.3 is 0 Å². The van der Waals surface area contributed by atoms with Gasteiger partial charge in [0.15, 0.2) is 0 Å². The van der Waals surface area contributed by atoms with Crippen molar-refractivity contribution in [3.05, 3.63) is 35.8 Å². The number of aryl methyl sites for hydroxylation is 3. The fourth-order valence-electron chi connectivity index (χ4n) is 1.54. The molecule has 0 aliphatic carbocycles. The van der Waals surface area contributed by atoms with Crippen LogP contribution in [-0.2, 0) is 7.05 Å². The quantitative estimate of drug-likeness (QED) is 0.684. The second kappa shape index (κ2) is 3.25. The Hall–Kier alpha value is -1.64. The minimum Gasteiger partial charge on any atom is -0.275 e. The molecule has 0 N–H and O–H groups in total. The number of hydrogen-bond acceptors (Lipinski definition) is 2. The smallest absolute Gasteiger partial charge is 0.0739 e. The van der Waals surface area contributed by atoms with Crippen molar-refractivity contribution in [2.24, 2.45) is 7.05 Å². The van der Waals surface area contributed by atoms with Gasteiger partial charge in [0.1, 0.15) is 0 Å². The highest BCUT2D eigenvalue weighted by atomic mass is 15.2. The summed E-state index contributed by atoms with van der Waals surface area (Å²) < 4.78 is 1.79. The fourth-order valence-corrected chi connectivity index (χ4v) is 1.54. The molecular weight excluding hydrogens is 174 g/mol. The van der Waals surface area contributed by atoms with E-state index >= 15 is 0 Å². The summed E-state index contributed by atoms with van der Waals surface area (Å²) in [5, 5.41) is 4.13. The lowest BCUT2D eigenvalue weighted by atomic mass is 10.1. The average Bonchev–Trinajstić information content (AvgIpc) is 2.50. The van der Waals surface area contributed by atoms with E-state index in [0.29, 0.717) is 0 Å². The van der Waals surface area contributed by atoms with Crippen LogP contribution >= 0.6 is 0 Å². The predicted molar refractivity (Wildman–Crippen MR) is 55.9 cm³/mol. The van der Waals surface area contributed by atoms with Crippen molar-refractivity contribution in [2.75, 3.05) is 0 Å². The molecule has 0 radical (unpaired) electrons. The molecule has 0 saturated carbocycles. The molecule has 0 aliphatic rings. The van der Waals surface area contributed by atoms with Crippen LogP contribution in [0.5, 0.6) is 0 Å². The lowest BCUT2D eigenvalue weighted by Crippen LogP contribution is -1.88. The first-order valence-electron chi connectivity index (χ1n) is 4.59. The third kappa shape index (κ3) is 1.66. The van der Waals surface area contributed by atoms with Crippen LogP contribution in [0.15, 0.2) is 24.5 Å². The first-order chi connectivity index (χ1) is 6.65. The topological polar surface area (TPSA) is 30.7 Å². The summed E-state index contributed by atoms with van der Waals surface area (Å²) in [4.78, 5) is 4.46. The van der Waals surface area contributed by atoms with Gasteiger partial charge in [-0.1, -0.05) is 0 Å². The molecule has 0 atom stereocenters. The molecule has 3 heteroatoms. The summed E-state index contributed by atoms with van der Waals surface area (Å²) in [6, 6.07) is 4.14. The lowest BCUT2D eigenvalue weighted by Gasteiger charge is -2.00. The van der Waals surface area contributed by atoms with Crippen molar-refractivity contribution in [3.8, 4) is 11.3 Å². The summed E-state index contributed by atoms with van der Waals surface area (Å²) in [6.07, 6.45) is 3.81.